The molecule has 1 aromatic rings. The molecule has 11 nitrogen and oxygen atoms in total. The highest BCUT2D eigenvalue weighted by Crippen LogP contribution is 2.32. The van der Waals surface area contributed by atoms with Crippen molar-refractivity contribution in [2.45, 2.75) is 43.8 Å². The maximum Gasteiger partial charge on any atom is 0.330 e. The van der Waals surface area contributed by atoms with Crippen LogP contribution in [0, 0.1) is 5.92 Å². The number of nitrogens with zero attached hydrogens (tertiary/aromatic N) is 1. The first-order valence-corrected chi connectivity index (χ1v) is 8.26. The summed E-state index contributed by atoms with van der Waals surface area (Å²) >= 11 is 0. The molecule has 0 aromatic carbocycles. The molecule has 2 heterocycles. The van der Waals surface area contributed by atoms with E-state index in [4.69, 9.17) is 4.74 Å². The van der Waals surface area contributed by atoms with Crippen LogP contribution in [-0.2, 0) is 23.8 Å². The zero-order chi connectivity index (χ0) is 20.1. The van der Waals surface area contributed by atoms with Gasteiger partial charge in [-0.1, -0.05) is 0 Å². The number of ether oxygens (including phenoxy) is 3. The number of carbonyl (C=O) groups excluding carboxylic acids is 2. The van der Waals surface area contributed by atoms with Crippen LogP contribution in [-0.4, -0.2) is 64.2 Å². The Bertz CT molecular complexity index is 787. The average Bonchev–Trinajstić information content (AvgIpc) is 2.92. The molecule has 1 aromatic heterocycles. The number of esters is 2. The molecule has 150 valence electrons. The van der Waals surface area contributed by atoms with Gasteiger partial charge in [-0.05, 0) is 12.8 Å². The van der Waals surface area contributed by atoms with Crippen molar-refractivity contribution in [2.24, 2.45) is 5.92 Å². The molecular weight excluding hydrogens is 364 g/mol. The second-order valence-electron chi connectivity index (χ2n) is 6.14. The lowest BCUT2D eigenvalue weighted by molar-refractivity contribution is -0.152. The molecule has 0 aliphatic carbocycles. The van der Waals surface area contributed by atoms with Crippen molar-refractivity contribution in [1.29, 1.82) is 0 Å². The van der Waals surface area contributed by atoms with Gasteiger partial charge in [0.1, 0.15) is 12.2 Å². The van der Waals surface area contributed by atoms with Gasteiger partial charge in [-0.2, -0.15) is 0 Å². The number of nitrogens with one attached hydrogen (secondary N) is 1. The third kappa shape index (κ3) is 4.81. The molecule has 27 heavy (non-hydrogen) atoms. The van der Waals surface area contributed by atoms with Crippen LogP contribution in [0.3, 0.4) is 0 Å². The van der Waals surface area contributed by atoms with Crippen LogP contribution in [0.2, 0.25) is 0 Å². The maximum absolute atomic E-state index is 11.9. The number of aliphatic hydroxyl groups is 2. The molecule has 11 heteroatoms. The molecule has 1 fully saturated rings. The van der Waals surface area contributed by atoms with Crippen LogP contribution in [0.4, 0.5) is 0 Å². The number of aromatic nitrogens is 2. The quantitative estimate of drug-likeness (QED) is 0.464. The van der Waals surface area contributed by atoms with Gasteiger partial charge in [0.25, 0.3) is 5.56 Å². The molecule has 0 amide bonds. The summed E-state index contributed by atoms with van der Waals surface area (Å²) in [5.41, 5.74) is -1.40. The zero-order valence-corrected chi connectivity index (χ0v) is 14.9. The number of aliphatic hydroxyl groups excluding tert-OH is 2. The van der Waals surface area contributed by atoms with E-state index >= 15 is 0 Å². The van der Waals surface area contributed by atoms with Crippen molar-refractivity contribution < 1.29 is 34.0 Å². The fourth-order valence-corrected chi connectivity index (χ4v) is 2.95. The van der Waals surface area contributed by atoms with Gasteiger partial charge >= 0.3 is 17.6 Å². The predicted molar refractivity (Wildman–Crippen MR) is 88.6 cm³/mol. The summed E-state index contributed by atoms with van der Waals surface area (Å²) in [6, 6.07) is 1.08. The minimum Gasteiger partial charge on any atom is -0.469 e. The molecule has 2 rings (SSSR count). The first-order valence-electron chi connectivity index (χ1n) is 8.26. The highest BCUT2D eigenvalue weighted by Gasteiger charge is 2.44. The monoisotopic (exact) mass is 386 g/mol. The van der Waals surface area contributed by atoms with Gasteiger partial charge in [0, 0.05) is 12.3 Å². The summed E-state index contributed by atoms with van der Waals surface area (Å²) in [5, 5.41) is 20.4. The second kappa shape index (κ2) is 8.93. The summed E-state index contributed by atoms with van der Waals surface area (Å²) in [6.45, 7) is 0. The lowest BCUT2D eigenvalue weighted by Gasteiger charge is -2.18. The minimum atomic E-state index is -1.42. The van der Waals surface area contributed by atoms with E-state index in [0.717, 1.165) is 16.8 Å². The number of carbonyl (C=O) groups is 2. The molecule has 1 aliphatic rings. The molecule has 5 atom stereocenters. The van der Waals surface area contributed by atoms with Crippen LogP contribution < -0.4 is 11.2 Å². The van der Waals surface area contributed by atoms with Crippen molar-refractivity contribution in [3.63, 3.8) is 0 Å². The van der Waals surface area contributed by atoms with E-state index in [2.05, 4.69) is 9.47 Å². The van der Waals surface area contributed by atoms with Crippen LogP contribution in [0.1, 0.15) is 25.5 Å². The normalized spacial score (nSPS) is 25.8. The van der Waals surface area contributed by atoms with Gasteiger partial charge < -0.3 is 24.4 Å². The Morgan fingerprint density at radius 2 is 1.96 bits per heavy atom. The number of hydrogen-bond donors (Lipinski definition) is 3. The van der Waals surface area contributed by atoms with E-state index in [1.807, 2.05) is 4.98 Å². The Labute approximate surface area is 153 Å². The first-order chi connectivity index (χ1) is 12.8. The van der Waals surface area contributed by atoms with Gasteiger partial charge in [0.2, 0.25) is 0 Å². The number of H-pyrrole nitrogens is 1. The topological polar surface area (TPSA) is 157 Å². The molecule has 0 saturated carbocycles. The maximum atomic E-state index is 11.9. The van der Waals surface area contributed by atoms with E-state index in [-0.39, 0.29) is 19.3 Å². The van der Waals surface area contributed by atoms with E-state index in [0.29, 0.717) is 0 Å². The number of aromatic amines is 1. The largest absolute Gasteiger partial charge is 0.469 e. The van der Waals surface area contributed by atoms with Gasteiger partial charge in [0.15, 0.2) is 6.23 Å². The molecule has 1 aliphatic heterocycles. The Morgan fingerprint density at radius 3 is 2.56 bits per heavy atom. The smallest absolute Gasteiger partial charge is 0.330 e. The second-order valence-corrected chi connectivity index (χ2v) is 6.14. The fourth-order valence-electron chi connectivity index (χ4n) is 2.95. The van der Waals surface area contributed by atoms with Crippen LogP contribution in [0.15, 0.2) is 21.9 Å². The Morgan fingerprint density at radius 1 is 1.26 bits per heavy atom. The Kier molecular flexibility index (Phi) is 6.88. The van der Waals surface area contributed by atoms with Crippen molar-refractivity contribution in [2.75, 3.05) is 14.2 Å². The Balaban J connectivity index is 2.08. The third-order valence-electron chi connectivity index (χ3n) is 4.44. The van der Waals surface area contributed by atoms with Gasteiger partial charge in [0.05, 0.1) is 32.7 Å². The van der Waals surface area contributed by atoms with E-state index in [1.165, 1.54) is 14.2 Å². The average molecular weight is 386 g/mol. The summed E-state index contributed by atoms with van der Waals surface area (Å²) in [5.74, 6) is -2.00. The highest BCUT2D eigenvalue weighted by atomic mass is 16.6. The van der Waals surface area contributed by atoms with E-state index in [9.17, 15) is 29.4 Å². The summed E-state index contributed by atoms with van der Waals surface area (Å²) in [7, 11) is 2.39. The molecular formula is C16H22N2O9. The van der Waals surface area contributed by atoms with Crippen molar-refractivity contribution in [1.82, 2.24) is 9.55 Å². The third-order valence-corrected chi connectivity index (χ3v) is 4.44. The molecule has 0 bridgehead atoms. The van der Waals surface area contributed by atoms with Crippen LogP contribution >= 0.6 is 0 Å². The standard InChI is InChI=1S/C16H22N2O9/c1-25-11(20)7-8(15(23)26-2)3-4-9-12(21)13(22)14(27-9)18-6-5-10(19)17-16(18)24/h5-6,8-9,12-14,21-22H,3-4,7H2,1-2H3,(H,17,19,24)/t8?,9-,12-,13-,14-/m1/s1. The number of hydrogen-bond acceptors (Lipinski definition) is 9. The van der Waals surface area contributed by atoms with E-state index in [1.54, 1.807) is 0 Å². The lowest BCUT2D eigenvalue weighted by Crippen LogP contribution is -2.37. The highest BCUT2D eigenvalue weighted by molar-refractivity contribution is 5.79. The molecule has 3 N–H and O–H groups in total. The SMILES string of the molecule is COC(=O)CC(CC[C@H]1O[C@@H](n2ccc(=O)[nH]c2=O)[C@H](O)[C@@H]1O)C(=O)OC. The van der Waals surface area contributed by atoms with Crippen LogP contribution in [0.25, 0.3) is 0 Å². The van der Waals surface area contributed by atoms with Gasteiger partial charge in [-0.3, -0.25) is 23.9 Å². The zero-order valence-electron chi connectivity index (χ0n) is 14.9. The van der Waals surface area contributed by atoms with E-state index < -0.39 is 53.6 Å². The molecule has 1 saturated heterocycles. The van der Waals surface area contributed by atoms with Gasteiger partial charge in [-0.15, -0.1) is 0 Å². The van der Waals surface area contributed by atoms with Crippen molar-refractivity contribution >= 4 is 11.9 Å². The number of rotatable bonds is 7. The lowest BCUT2D eigenvalue weighted by atomic mass is 9.95. The number of methoxy groups -OCH3 is 2. The minimum absolute atomic E-state index is 0.115. The summed E-state index contributed by atoms with van der Waals surface area (Å²) in [6.07, 6.45) is -3.65. The summed E-state index contributed by atoms with van der Waals surface area (Å²) < 4.78 is 15.7. The molecule has 0 spiro atoms. The summed E-state index contributed by atoms with van der Waals surface area (Å²) in [4.78, 5) is 48.3. The fraction of sp³-hybridized carbons (Fsp3) is 0.625. The first kappa shape index (κ1) is 20.8. The van der Waals surface area contributed by atoms with Crippen molar-refractivity contribution in [3.05, 3.63) is 33.1 Å². The van der Waals surface area contributed by atoms with Gasteiger partial charge in [-0.25, -0.2) is 4.79 Å². The predicted octanol–water partition coefficient (Wildman–Crippen LogP) is -1.71. The molecule has 1 unspecified atom stereocenters. The van der Waals surface area contributed by atoms with Crippen molar-refractivity contribution in [3.8, 4) is 0 Å². The van der Waals surface area contributed by atoms with Crippen LogP contribution in [0.5, 0.6) is 0 Å². The molecule has 0 radical (unpaired) electrons. The Hall–Kier alpha value is -2.50.